The zero-order valence-electron chi connectivity index (χ0n) is 11.1. The molecule has 3 nitrogen and oxygen atoms in total. The minimum atomic E-state index is -0.578. The van der Waals surface area contributed by atoms with E-state index >= 15 is 0 Å². The number of rotatable bonds is 8. The fraction of sp³-hybridized carbons (Fsp3) is 0.467. The molecule has 19 heavy (non-hydrogen) atoms. The van der Waals surface area contributed by atoms with Crippen LogP contribution in [0.1, 0.15) is 19.8 Å². The van der Waals surface area contributed by atoms with Gasteiger partial charge in [-0.3, -0.25) is 0 Å². The molecule has 4 heteroatoms. The lowest BCUT2D eigenvalue weighted by Crippen LogP contribution is -2.37. The number of terminal acetylenes is 1. The summed E-state index contributed by atoms with van der Waals surface area (Å²) < 4.78 is 5.46. The molecule has 0 bridgehead atoms. The van der Waals surface area contributed by atoms with Gasteiger partial charge in [0.1, 0.15) is 18.5 Å². The Hall–Kier alpha value is -1.21. The normalized spacial score (nSPS) is 13.6. The van der Waals surface area contributed by atoms with Crippen LogP contribution < -0.4 is 10.1 Å². The minimum absolute atomic E-state index is 0.222. The summed E-state index contributed by atoms with van der Waals surface area (Å²) in [5.41, 5.74) is 0. The van der Waals surface area contributed by atoms with Crippen molar-refractivity contribution >= 4 is 11.6 Å². The van der Waals surface area contributed by atoms with Gasteiger partial charge in [0.2, 0.25) is 0 Å². The quantitative estimate of drug-likeness (QED) is 0.719. The average Bonchev–Trinajstić information content (AvgIpc) is 2.41. The largest absolute Gasteiger partial charge is 0.491 e. The molecule has 0 aliphatic carbocycles. The predicted molar refractivity (Wildman–Crippen MR) is 78.5 cm³/mol. The summed E-state index contributed by atoms with van der Waals surface area (Å²) in [6.07, 6.45) is 6.29. The Labute approximate surface area is 119 Å². The van der Waals surface area contributed by atoms with Crippen LogP contribution in [0.4, 0.5) is 0 Å². The highest BCUT2D eigenvalue weighted by Gasteiger charge is 2.09. The third-order valence-electron chi connectivity index (χ3n) is 2.74. The average molecular weight is 282 g/mol. The van der Waals surface area contributed by atoms with Crippen LogP contribution in [0.2, 0.25) is 5.02 Å². The Bertz CT molecular complexity index is 417. The van der Waals surface area contributed by atoms with E-state index < -0.39 is 6.10 Å². The van der Waals surface area contributed by atoms with Crippen molar-refractivity contribution in [1.29, 1.82) is 0 Å². The number of halogens is 1. The van der Waals surface area contributed by atoms with Crippen molar-refractivity contribution in [3.63, 3.8) is 0 Å². The van der Waals surface area contributed by atoms with E-state index in [4.69, 9.17) is 22.8 Å². The molecule has 0 radical (unpaired) electrons. The standard InChI is InChI=1S/C15H20ClNO2/c1-3-6-13(4-2)17-10-14(18)11-19-15-8-5-7-12(16)9-15/h1,5,7-9,13-14,17-18H,4,6,10-11H2,2H3. The maximum Gasteiger partial charge on any atom is 0.120 e. The second-order valence-electron chi connectivity index (χ2n) is 4.34. The first-order valence-electron chi connectivity index (χ1n) is 6.39. The lowest BCUT2D eigenvalue weighted by molar-refractivity contribution is 0.103. The first-order chi connectivity index (χ1) is 9.15. The highest BCUT2D eigenvalue weighted by molar-refractivity contribution is 6.30. The Kier molecular flexibility index (Phi) is 7.35. The molecule has 1 aromatic carbocycles. The molecule has 2 unspecified atom stereocenters. The summed E-state index contributed by atoms with van der Waals surface area (Å²) >= 11 is 5.84. The first-order valence-corrected chi connectivity index (χ1v) is 6.76. The summed E-state index contributed by atoms with van der Waals surface area (Å²) in [5.74, 6) is 3.27. The molecule has 0 saturated carbocycles. The molecule has 1 rings (SSSR count). The highest BCUT2D eigenvalue weighted by atomic mass is 35.5. The molecule has 0 aliphatic heterocycles. The fourth-order valence-corrected chi connectivity index (χ4v) is 1.79. The van der Waals surface area contributed by atoms with Gasteiger partial charge in [-0.05, 0) is 24.6 Å². The Morgan fingerprint density at radius 2 is 2.32 bits per heavy atom. The third-order valence-corrected chi connectivity index (χ3v) is 2.97. The van der Waals surface area contributed by atoms with Gasteiger partial charge < -0.3 is 15.2 Å². The summed E-state index contributed by atoms with van der Waals surface area (Å²) in [4.78, 5) is 0. The van der Waals surface area contributed by atoms with Crippen molar-refractivity contribution in [3.8, 4) is 18.1 Å². The van der Waals surface area contributed by atoms with E-state index in [0.29, 0.717) is 23.7 Å². The fourth-order valence-electron chi connectivity index (χ4n) is 1.61. The zero-order chi connectivity index (χ0) is 14.1. The van der Waals surface area contributed by atoms with Crippen molar-refractivity contribution in [1.82, 2.24) is 5.32 Å². The molecule has 0 spiro atoms. The molecular weight excluding hydrogens is 262 g/mol. The molecule has 1 aromatic rings. The van der Waals surface area contributed by atoms with Crippen LogP contribution in [0.15, 0.2) is 24.3 Å². The summed E-state index contributed by atoms with van der Waals surface area (Å²) in [7, 11) is 0. The van der Waals surface area contributed by atoms with Crippen LogP contribution >= 0.6 is 11.6 Å². The van der Waals surface area contributed by atoms with Crippen LogP contribution in [0.5, 0.6) is 5.75 Å². The van der Waals surface area contributed by atoms with Gasteiger partial charge in [-0.1, -0.05) is 24.6 Å². The SMILES string of the molecule is C#CCC(CC)NCC(O)COc1cccc(Cl)c1. The van der Waals surface area contributed by atoms with Gasteiger partial charge in [0.05, 0.1) is 0 Å². The first kappa shape index (κ1) is 15.8. The van der Waals surface area contributed by atoms with Crippen LogP contribution in [0.25, 0.3) is 0 Å². The monoisotopic (exact) mass is 281 g/mol. The van der Waals surface area contributed by atoms with Gasteiger partial charge >= 0.3 is 0 Å². The number of aliphatic hydroxyl groups excluding tert-OH is 1. The van der Waals surface area contributed by atoms with Crippen molar-refractivity contribution < 1.29 is 9.84 Å². The van der Waals surface area contributed by atoms with Gasteiger partial charge in [0.15, 0.2) is 0 Å². The molecule has 0 heterocycles. The highest BCUT2D eigenvalue weighted by Crippen LogP contribution is 2.17. The van der Waals surface area contributed by atoms with Gasteiger partial charge in [-0.2, -0.15) is 0 Å². The van der Waals surface area contributed by atoms with E-state index in [1.807, 2.05) is 6.07 Å². The number of hydrogen-bond acceptors (Lipinski definition) is 3. The van der Waals surface area contributed by atoms with Gasteiger partial charge in [0, 0.05) is 24.0 Å². The number of aliphatic hydroxyl groups is 1. The van der Waals surface area contributed by atoms with Crippen molar-refractivity contribution in [2.45, 2.75) is 31.9 Å². The molecule has 0 amide bonds. The van der Waals surface area contributed by atoms with Crippen LogP contribution in [-0.2, 0) is 0 Å². The van der Waals surface area contributed by atoms with E-state index in [-0.39, 0.29) is 12.6 Å². The molecule has 2 N–H and O–H groups in total. The van der Waals surface area contributed by atoms with Gasteiger partial charge in [0.25, 0.3) is 0 Å². The number of nitrogens with one attached hydrogen (secondary N) is 1. The van der Waals surface area contributed by atoms with Crippen molar-refractivity contribution in [2.24, 2.45) is 0 Å². The summed E-state index contributed by atoms with van der Waals surface area (Å²) in [5, 5.41) is 13.7. The molecule has 2 atom stereocenters. The predicted octanol–water partition coefficient (Wildman–Crippen LogP) is 2.47. The lowest BCUT2D eigenvalue weighted by atomic mass is 10.1. The van der Waals surface area contributed by atoms with E-state index in [1.54, 1.807) is 18.2 Å². The maximum atomic E-state index is 9.82. The molecule has 0 saturated heterocycles. The van der Waals surface area contributed by atoms with Gasteiger partial charge in [-0.15, -0.1) is 12.3 Å². The molecule has 0 fully saturated rings. The summed E-state index contributed by atoms with van der Waals surface area (Å²) in [6, 6.07) is 7.35. The molecule has 104 valence electrons. The van der Waals surface area contributed by atoms with E-state index in [9.17, 15) is 5.11 Å². The Morgan fingerprint density at radius 1 is 1.53 bits per heavy atom. The van der Waals surface area contributed by atoms with Gasteiger partial charge in [-0.25, -0.2) is 0 Å². The number of hydrogen-bond donors (Lipinski definition) is 2. The minimum Gasteiger partial charge on any atom is -0.491 e. The van der Waals surface area contributed by atoms with Crippen molar-refractivity contribution in [2.75, 3.05) is 13.2 Å². The van der Waals surface area contributed by atoms with E-state index in [1.165, 1.54) is 0 Å². The molecule has 0 aromatic heterocycles. The number of ether oxygens (including phenoxy) is 1. The topological polar surface area (TPSA) is 41.5 Å². The number of benzene rings is 1. The molecule has 0 aliphatic rings. The second kappa shape index (κ2) is 8.82. The molecular formula is C15H20ClNO2. The second-order valence-corrected chi connectivity index (χ2v) is 4.78. The smallest absolute Gasteiger partial charge is 0.120 e. The van der Waals surface area contributed by atoms with Crippen LogP contribution in [0.3, 0.4) is 0 Å². The zero-order valence-corrected chi connectivity index (χ0v) is 11.9. The van der Waals surface area contributed by atoms with Crippen molar-refractivity contribution in [3.05, 3.63) is 29.3 Å². The Morgan fingerprint density at radius 3 is 2.95 bits per heavy atom. The van der Waals surface area contributed by atoms with E-state index in [0.717, 1.165) is 6.42 Å². The van der Waals surface area contributed by atoms with Crippen LogP contribution in [0, 0.1) is 12.3 Å². The van der Waals surface area contributed by atoms with Crippen LogP contribution in [-0.4, -0.2) is 30.4 Å². The third kappa shape index (κ3) is 6.49. The summed E-state index contributed by atoms with van der Waals surface area (Å²) in [6.45, 7) is 2.74. The maximum absolute atomic E-state index is 9.82. The lowest BCUT2D eigenvalue weighted by Gasteiger charge is -2.18. The Balaban J connectivity index is 2.28. The van der Waals surface area contributed by atoms with E-state index in [2.05, 4.69) is 18.2 Å².